The topological polar surface area (TPSA) is 38.1 Å². The molecule has 3 heteroatoms. The second-order valence-corrected chi connectivity index (χ2v) is 5.10. The monoisotopic (exact) mass is 230 g/mol. The summed E-state index contributed by atoms with van der Waals surface area (Å²) in [5.41, 5.74) is 3.13. The number of nitrogens with zero attached hydrogens (tertiary/aromatic N) is 1. The second-order valence-electron chi connectivity index (χ2n) is 5.10. The molecule has 1 saturated heterocycles. The van der Waals surface area contributed by atoms with Gasteiger partial charge < -0.3 is 9.73 Å². The summed E-state index contributed by atoms with van der Waals surface area (Å²) in [6.07, 6.45) is 2.24. The van der Waals surface area contributed by atoms with E-state index in [-0.39, 0.29) is 0 Å². The quantitative estimate of drug-likeness (QED) is 0.818. The molecule has 0 saturated carbocycles. The van der Waals surface area contributed by atoms with Crippen LogP contribution < -0.4 is 5.32 Å². The Labute approximate surface area is 101 Å². The normalized spacial score (nSPS) is 25.3. The fraction of sp³-hybridized carbons (Fsp3) is 0.500. The number of rotatable bonds is 1. The summed E-state index contributed by atoms with van der Waals surface area (Å²) in [4.78, 5) is 4.62. The number of piperidine rings is 1. The summed E-state index contributed by atoms with van der Waals surface area (Å²) >= 11 is 0. The molecule has 1 aromatic heterocycles. The van der Waals surface area contributed by atoms with E-state index in [1.54, 1.807) is 0 Å². The van der Waals surface area contributed by atoms with Crippen LogP contribution in [0.15, 0.2) is 22.6 Å². The maximum atomic E-state index is 5.90. The molecular weight excluding hydrogens is 212 g/mol. The van der Waals surface area contributed by atoms with Gasteiger partial charge in [0.2, 0.25) is 0 Å². The fourth-order valence-electron chi connectivity index (χ4n) is 2.58. The zero-order chi connectivity index (χ0) is 11.8. The molecule has 0 spiro atoms. The molecule has 1 fully saturated rings. The van der Waals surface area contributed by atoms with Gasteiger partial charge in [0.15, 0.2) is 11.5 Å². The van der Waals surface area contributed by atoms with E-state index < -0.39 is 0 Å². The first-order valence-electron chi connectivity index (χ1n) is 6.33. The van der Waals surface area contributed by atoms with Gasteiger partial charge in [0.1, 0.15) is 5.52 Å². The van der Waals surface area contributed by atoms with Crippen molar-refractivity contribution in [3.8, 4) is 0 Å². The molecule has 17 heavy (non-hydrogen) atoms. The van der Waals surface area contributed by atoms with E-state index in [0.717, 1.165) is 36.4 Å². The standard InChI is InChI=1S/C14H18N2O/c1-9-3-4-12-13(7-9)17-14(16-12)11-5-6-15-10(2)8-11/h3-4,7,10-11,15H,5-6,8H2,1-2H3. The molecule has 1 aliphatic rings. The Morgan fingerprint density at radius 2 is 2.29 bits per heavy atom. The van der Waals surface area contributed by atoms with E-state index in [1.807, 2.05) is 6.07 Å². The van der Waals surface area contributed by atoms with Crippen LogP contribution in [-0.2, 0) is 0 Å². The molecule has 0 aliphatic carbocycles. The van der Waals surface area contributed by atoms with Gasteiger partial charge in [-0.15, -0.1) is 0 Å². The van der Waals surface area contributed by atoms with Gasteiger partial charge in [-0.1, -0.05) is 6.07 Å². The Kier molecular flexibility index (Phi) is 2.63. The number of aromatic nitrogens is 1. The SMILES string of the molecule is Cc1ccc2nc(C3CCNC(C)C3)oc2c1. The molecule has 90 valence electrons. The summed E-state index contributed by atoms with van der Waals surface area (Å²) in [6, 6.07) is 6.75. The molecule has 1 aliphatic heterocycles. The molecule has 2 heterocycles. The smallest absolute Gasteiger partial charge is 0.198 e. The fourth-order valence-corrected chi connectivity index (χ4v) is 2.58. The van der Waals surface area contributed by atoms with Gasteiger partial charge in [-0.2, -0.15) is 0 Å². The largest absolute Gasteiger partial charge is 0.440 e. The summed E-state index contributed by atoms with van der Waals surface area (Å²) in [5, 5.41) is 3.46. The summed E-state index contributed by atoms with van der Waals surface area (Å²) in [5.74, 6) is 1.39. The van der Waals surface area contributed by atoms with Crippen molar-refractivity contribution in [2.24, 2.45) is 0 Å². The Morgan fingerprint density at radius 1 is 1.41 bits per heavy atom. The van der Waals surface area contributed by atoms with Crippen molar-refractivity contribution in [1.82, 2.24) is 10.3 Å². The summed E-state index contributed by atoms with van der Waals surface area (Å²) in [6.45, 7) is 5.36. The minimum Gasteiger partial charge on any atom is -0.440 e. The van der Waals surface area contributed by atoms with Crippen LogP contribution >= 0.6 is 0 Å². The molecule has 3 rings (SSSR count). The predicted octanol–water partition coefficient (Wildman–Crippen LogP) is 2.99. The van der Waals surface area contributed by atoms with Crippen LogP contribution in [0.5, 0.6) is 0 Å². The van der Waals surface area contributed by atoms with E-state index >= 15 is 0 Å². The minimum absolute atomic E-state index is 0.471. The van der Waals surface area contributed by atoms with Gasteiger partial charge in [-0.05, 0) is 50.9 Å². The molecule has 2 aromatic rings. The number of benzene rings is 1. The zero-order valence-corrected chi connectivity index (χ0v) is 10.4. The number of fused-ring (bicyclic) bond motifs is 1. The minimum atomic E-state index is 0.471. The highest BCUT2D eigenvalue weighted by Crippen LogP contribution is 2.29. The number of oxazole rings is 1. The lowest BCUT2D eigenvalue weighted by molar-refractivity contribution is 0.336. The first-order chi connectivity index (χ1) is 8.22. The van der Waals surface area contributed by atoms with Crippen molar-refractivity contribution >= 4 is 11.1 Å². The van der Waals surface area contributed by atoms with E-state index in [1.165, 1.54) is 5.56 Å². The van der Waals surface area contributed by atoms with Gasteiger partial charge in [0.05, 0.1) is 0 Å². The van der Waals surface area contributed by atoms with Crippen LogP contribution in [0.3, 0.4) is 0 Å². The maximum absolute atomic E-state index is 5.90. The first-order valence-corrected chi connectivity index (χ1v) is 6.33. The Hall–Kier alpha value is -1.35. The predicted molar refractivity (Wildman–Crippen MR) is 68.2 cm³/mol. The average molecular weight is 230 g/mol. The van der Waals surface area contributed by atoms with Gasteiger partial charge in [0, 0.05) is 12.0 Å². The Morgan fingerprint density at radius 3 is 3.12 bits per heavy atom. The average Bonchev–Trinajstić information content (AvgIpc) is 2.72. The van der Waals surface area contributed by atoms with E-state index in [9.17, 15) is 0 Å². The molecule has 2 atom stereocenters. The number of hydrogen-bond donors (Lipinski definition) is 1. The summed E-state index contributed by atoms with van der Waals surface area (Å²) < 4.78 is 5.90. The number of nitrogens with one attached hydrogen (secondary N) is 1. The Balaban J connectivity index is 1.94. The highest BCUT2D eigenvalue weighted by molar-refractivity contribution is 5.73. The number of hydrogen-bond acceptors (Lipinski definition) is 3. The van der Waals surface area contributed by atoms with Crippen LogP contribution in [0, 0.1) is 6.92 Å². The third-order valence-corrected chi connectivity index (χ3v) is 3.53. The maximum Gasteiger partial charge on any atom is 0.198 e. The van der Waals surface area contributed by atoms with Crippen LogP contribution in [-0.4, -0.2) is 17.6 Å². The van der Waals surface area contributed by atoms with Crippen molar-refractivity contribution in [2.75, 3.05) is 6.54 Å². The summed E-state index contributed by atoms with van der Waals surface area (Å²) in [7, 11) is 0. The van der Waals surface area contributed by atoms with Gasteiger partial charge >= 0.3 is 0 Å². The lowest BCUT2D eigenvalue weighted by Gasteiger charge is -2.25. The van der Waals surface area contributed by atoms with Crippen molar-refractivity contribution in [2.45, 2.75) is 38.6 Å². The Bertz CT molecular complexity index is 532. The molecular formula is C14H18N2O. The van der Waals surface area contributed by atoms with Crippen LogP contribution in [0.1, 0.15) is 37.1 Å². The lowest BCUT2D eigenvalue weighted by Crippen LogP contribution is -2.34. The molecule has 1 N–H and O–H groups in total. The first kappa shape index (κ1) is 10.8. The number of aryl methyl sites for hydroxylation is 1. The van der Waals surface area contributed by atoms with Crippen molar-refractivity contribution in [3.05, 3.63) is 29.7 Å². The van der Waals surface area contributed by atoms with Crippen molar-refractivity contribution < 1.29 is 4.42 Å². The third-order valence-electron chi connectivity index (χ3n) is 3.53. The highest BCUT2D eigenvalue weighted by Gasteiger charge is 2.24. The van der Waals surface area contributed by atoms with E-state index in [4.69, 9.17) is 4.42 Å². The van der Waals surface area contributed by atoms with E-state index in [2.05, 4.69) is 36.3 Å². The second kappa shape index (κ2) is 4.15. The van der Waals surface area contributed by atoms with Crippen molar-refractivity contribution in [3.63, 3.8) is 0 Å². The van der Waals surface area contributed by atoms with Crippen molar-refractivity contribution in [1.29, 1.82) is 0 Å². The molecule has 0 amide bonds. The molecule has 2 unspecified atom stereocenters. The van der Waals surface area contributed by atoms with E-state index in [0.29, 0.717) is 12.0 Å². The lowest BCUT2D eigenvalue weighted by atomic mass is 9.93. The van der Waals surface area contributed by atoms with Gasteiger partial charge in [0.25, 0.3) is 0 Å². The molecule has 1 aromatic carbocycles. The third kappa shape index (κ3) is 2.07. The van der Waals surface area contributed by atoms with Crippen LogP contribution in [0.25, 0.3) is 11.1 Å². The van der Waals surface area contributed by atoms with Crippen LogP contribution in [0.4, 0.5) is 0 Å². The van der Waals surface area contributed by atoms with Gasteiger partial charge in [-0.3, -0.25) is 0 Å². The zero-order valence-electron chi connectivity index (χ0n) is 10.4. The molecule has 0 bridgehead atoms. The van der Waals surface area contributed by atoms with Crippen LogP contribution in [0.2, 0.25) is 0 Å². The highest BCUT2D eigenvalue weighted by atomic mass is 16.3. The van der Waals surface area contributed by atoms with Gasteiger partial charge in [-0.25, -0.2) is 4.98 Å². The molecule has 3 nitrogen and oxygen atoms in total. The molecule has 0 radical (unpaired) electrons.